The maximum absolute atomic E-state index is 11.6. The fraction of sp³-hybridized carbons (Fsp3) is 0.800. The van der Waals surface area contributed by atoms with Crippen LogP contribution in [0.3, 0.4) is 0 Å². The smallest absolute Gasteiger partial charge is 0.289 e. The van der Waals surface area contributed by atoms with Crippen molar-refractivity contribution < 1.29 is 9.59 Å². The summed E-state index contributed by atoms with van der Waals surface area (Å²) < 4.78 is 0. The van der Waals surface area contributed by atoms with E-state index in [0.29, 0.717) is 19.5 Å². The zero-order valence-electron chi connectivity index (χ0n) is 8.92. The number of hydrogen-bond acceptors (Lipinski definition) is 4. The molecule has 0 bridgehead atoms. The molecule has 0 aliphatic carbocycles. The van der Waals surface area contributed by atoms with Gasteiger partial charge in [-0.2, -0.15) is 0 Å². The Hall–Kier alpha value is -0.940. The first kappa shape index (κ1) is 12.1. The molecule has 0 aromatic rings. The van der Waals surface area contributed by atoms with Crippen LogP contribution in [0, 0.1) is 0 Å². The summed E-state index contributed by atoms with van der Waals surface area (Å²) in [6.07, 6.45) is 3.34. The standard InChI is InChI=1S/C10H19N3O2/c11-5-2-1-4-8-9(14)10(15)13-7-3-6-12-8/h8,12H,1-7,11H2,(H,13,15)/t8-/m0/s1. The van der Waals surface area contributed by atoms with Gasteiger partial charge in [0.05, 0.1) is 6.04 Å². The lowest BCUT2D eigenvalue weighted by Gasteiger charge is -2.19. The zero-order valence-corrected chi connectivity index (χ0v) is 8.92. The molecule has 5 nitrogen and oxygen atoms in total. The van der Waals surface area contributed by atoms with E-state index in [-0.39, 0.29) is 11.8 Å². The van der Waals surface area contributed by atoms with Crippen molar-refractivity contribution in [3.63, 3.8) is 0 Å². The number of nitrogens with one attached hydrogen (secondary N) is 2. The Balaban J connectivity index is 2.42. The van der Waals surface area contributed by atoms with Gasteiger partial charge in [0.25, 0.3) is 5.91 Å². The Morgan fingerprint density at radius 3 is 2.80 bits per heavy atom. The Kier molecular flexibility index (Phi) is 5.28. The third-order valence-corrected chi connectivity index (χ3v) is 2.52. The molecule has 0 unspecified atom stereocenters. The minimum absolute atomic E-state index is 0.322. The number of ketones is 1. The highest BCUT2D eigenvalue weighted by Crippen LogP contribution is 2.03. The van der Waals surface area contributed by atoms with Crippen LogP contribution in [0.2, 0.25) is 0 Å². The van der Waals surface area contributed by atoms with Crippen LogP contribution >= 0.6 is 0 Å². The van der Waals surface area contributed by atoms with Crippen molar-refractivity contribution in [2.24, 2.45) is 5.73 Å². The van der Waals surface area contributed by atoms with E-state index >= 15 is 0 Å². The van der Waals surface area contributed by atoms with E-state index in [1.807, 2.05) is 0 Å². The van der Waals surface area contributed by atoms with E-state index in [2.05, 4.69) is 10.6 Å². The Labute approximate surface area is 89.8 Å². The number of carbonyl (C=O) groups is 2. The van der Waals surface area contributed by atoms with E-state index in [1.165, 1.54) is 0 Å². The highest BCUT2D eigenvalue weighted by molar-refractivity contribution is 6.38. The quantitative estimate of drug-likeness (QED) is 0.420. The second kappa shape index (κ2) is 6.53. The molecular weight excluding hydrogens is 194 g/mol. The van der Waals surface area contributed by atoms with Crippen molar-refractivity contribution in [1.29, 1.82) is 0 Å². The molecule has 0 aromatic heterocycles. The van der Waals surface area contributed by atoms with Gasteiger partial charge in [-0.05, 0) is 32.4 Å². The summed E-state index contributed by atoms with van der Waals surface area (Å²) in [4.78, 5) is 22.9. The van der Waals surface area contributed by atoms with Crippen LogP contribution in [0.15, 0.2) is 0 Å². The molecule has 15 heavy (non-hydrogen) atoms. The Morgan fingerprint density at radius 2 is 2.07 bits per heavy atom. The number of carbonyl (C=O) groups excluding carboxylic acids is 2. The minimum Gasteiger partial charge on any atom is -0.349 e. The number of hydrogen-bond donors (Lipinski definition) is 3. The van der Waals surface area contributed by atoms with E-state index in [1.54, 1.807) is 0 Å². The average molecular weight is 213 g/mol. The van der Waals surface area contributed by atoms with Crippen molar-refractivity contribution in [3.05, 3.63) is 0 Å². The van der Waals surface area contributed by atoms with Gasteiger partial charge in [-0.15, -0.1) is 0 Å². The summed E-state index contributed by atoms with van der Waals surface area (Å²) in [5.74, 6) is -0.799. The third-order valence-electron chi connectivity index (χ3n) is 2.52. The van der Waals surface area contributed by atoms with Gasteiger partial charge in [-0.25, -0.2) is 0 Å². The Morgan fingerprint density at radius 1 is 1.27 bits per heavy atom. The van der Waals surface area contributed by atoms with Crippen LogP contribution in [-0.2, 0) is 9.59 Å². The van der Waals surface area contributed by atoms with Crippen LogP contribution in [-0.4, -0.2) is 37.4 Å². The van der Waals surface area contributed by atoms with Crippen molar-refractivity contribution in [2.75, 3.05) is 19.6 Å². The number of Topliss-reactive ketones (excluding diaryl/α,β-unsaturated/α-hetero) is 1. The van der Waals surface area contributed by atoms with Crippen LogP contribution in [0.25, 0.3) is 0 Å². The molecule has 1 aliphatic rings. The van der Waals surface area contributed by atoms with Gasteiger partial charge in [0.1, 0.15) is 0 Å². The summed E-state index contributed by atoms with van der Waals surface area (Å²) >= 11 is 0. The molecule has 1 saturated heterocycles. The summed E-state index contributed by atoms with van der Waals surface area (Å²) in [5, 5.41) is 5.71. The maximum atomic E-state index is 11.6. The molecule has 1 fully saturated rings. The summed E-state index contributed by atoms with van der Waals surface area (Å²) in [5.41, 5.74) is 5.38. The van der Waals surface area contributed by atoms with Gasteiger partial charge in [-0.3, -0.25) is 9.59 Å². The molecule has 0 radical (unpaired) electrons. The zero-order chi connectivity index (χ0) is 11.1. The van der Waals surface area contributed by atoms with Gasteiger partial charge in [0.2, 0.25) is 5.78 Å². The fourth-order valence-electron chi connectivity index (χ4n) is 1.63. The normalized spacial score (nSPS) is 23.1. The molecule has 86 valence electrons. The fourth-order valence-corrected chi connectivity index (χ4v) is 1.63. The first-order valence-electron chi connectivity index (χ1n) is 5.51. The molecule has 4 N–H and O–H groups in total. The van der Waals surface area contributed by atoms with E-state index < -0.39 is 5.91 Å². The van der Waals surface area contributed by atoms with Gasteiger partial charge in [0, 0.05) is 6.54 Å². The predicted molar refractivity (Wildman–Crippen MR) is 57.3 cm³/mol. The van der Waals surface area contributed by atoms with Crippen molar-refractivity contribution in [3.8, 4) is 0 Å². The predicted octanol–water partition coefficient (Wildman–Crippen LogP) is -0.837. The lowest BCUT2D eigenvalue weighted by atomic mass is 10.0. The van der Waals surface area contributed by atoms with E-state index in [0.717, 1.165) is 25.8 Å². The second-order valence-electron chi connectivity index (χ2n) is 3.76. The van der Waals surface area contributed by atoms with Crippen LogP contribution in [0.4, 0.5) is 0 Å². The molecule has 0 spiro atoms. The van der Waals surface area contributed by atoms with Crippen molar-refractivity contribution in [2.45, 2.75) is 31.7 Å². The largest absolute Gasteiger partial charge is 0.349 e. The Bertz CT molecular complexity index is 231. The summed E-state index contributed by atoms with van der Waals surface area (Å²) in [6.45, 7) is 1.99. The monoisotopic (exact) mass is 213 g/mol. The highest BCUT2D eigenvalue weighted by atomic mass is 16.2. The lowest BCUT2D eigenvalue weighted by molar-refractivity contribution is -0.139. The van der Waals surface area contributed by atoms with Crippen LogP contribution in [0.5, 0.6) is 0 Å². The number of unbranched alkanes of at least 4 members (excludes halogenated alkanes) is 1. The summed E-state index contributed by atoms with van der Waals surface area (Å²) in [6, 6.07) is -0.322. The molecule has 1 aliphatic heterocycles. The molecule has 0 saturated carbocycles. The SMILES string of the molecule is NCCCC[C@@H]1NCCCNC(=O)C1=O. The average Bonchev–Trinajstić information content (AvgIpc) is 2.23. The molecule has 1 amide bonds. The van der Waals surface area contributed by atoms with E-state index in [9.17, 15) is 9.59 Å². The second-order valence-corrected chi connectivity index (χ2v) is 3.76. The number of rotatable bonds is 4. The van der Waals surface area contributed by atoms with Crippen molar-refractivity contribution in [1.82, 2.24) is 10.6 Å². The molecule has 0 aromatic carbocycles. The van der Waals surface area contributed by atoms with E-state index in [4.69, 9.17) is 5.73 Å². The molecule has 5 heteroatoms. The van der Waals surface area contributed by atoms with Gasteiger partial charge in [-0.1, -0.05) is 6.42 Å². The number of amides is 1. The topological polar surface area (TPSA) is 84.2 Å². The maximum Gasteiger partial charge on any atom is 0.289 e. The minimum atomic E-state index is -0.458. The molecule has 1 heterocycles. The van der Waals surface area contributed by atoms with Crippen LogP contribution < -0.4 is 16.4 Å². The highest BCUT2D eigenvalue weighted by Gasteiger charge is 2.25. The number of nitrogens with two attached hydrogens (primary N) is 1. The first-order chi connectivity index (χ1) is 7.25. The molecular formula is C10H19N3O2. The third kappa shape index (κ3) is 3.97. The van der Waals surface area contributed by atoms with Crippen molar-refractivity contribution >= 4 is 11.7 Å². The molecule has 1 atom stereocenters. The molecule has 1 rings (SSSR count). The first-order valence-corrected chi connectivity index (χ1v) is 5.51. The lowest BCUT2D eigenvalue weighted by Crippen LogP contribution is -2.48. The van der Waals surface area contributed by atoms with Crippen LogP contribution in [0.1, 0.15) is 25.7 Å². The van der Waals surface area contributed by atoms with Gasteiger partial charge >= 0.3 is 0 Å². The summed E-state index contributed by atoms with van der Waals surface area (Å²) in [7, 11) is 0. The van der Waals surface area contributed by atoms with Gasteiger partial charge < -0.3 is 16.4 Å². The van der Waals surface area contributed by atoms with Gasteiger partial charge in [0.15, 0.2) is 0 Å².